The van der Waals surface area contributed by atoms with Crippen molar-refractivity contribution in [3.05, 3.63) is 24.8 Å². The van der Waals surface area contributed by atoms with Crippen molar-refractivity contribution in [2.75, 3.05) is 18.8 Å². The summed E-state index contributed by atoms with van der Waals surface area (Å²) in [5.41, 5.74) is 7.08. The minimum Gasteiger partial charge on any atom is -0.390 e. The number of allylic oxidation sites excluding steroid dienone is 1. The molecule has 3 heterocycles. The van der Waals surface area contributed by atoms with Crippen LogP contribution in [-0.4, -0.2) is 43.8 Å². The molecule has 0 amide bonds. The average Bonchev–Trinajstić information content (AvgIpc) is 2.84. The summed E-state index contributed by atoms with van der Waals surface area (Å²) in [6, 6.07) is -0.0312. The standard InChI is InChI=1S/C16H22N6O.ClH/c17-14-12-15(20-9-19-14)22(10-21-12)11-4-3-6-16(13(11)23)5-1-2-7-18-8-16;/h1-2,9-11,13,18,23H,3-8H2,(H2,17,19,20);1H/t11?,13-,16-;/m0./s1. The van der Waals surface area contributed by atoms with E-state index in [1.165, 1.54) is 6.33 Å². The third-order valence-electron chi connectivity index (χ3n) is 5.34. The number of imidazole rings is 1. The van der Waals surface area contributed by atoms with E-state index in [-0.39, 0.29) is 23.9 Å². The smallest absolute Gasteiger partial charge is 0.165 e. The van der Waals surface area contributed by atoms with Crippen LogP contribution in [0.1, 0.15) is 31.7 Å². The number of hydrogen-bond donors (Lipinski definition) is 3. The third-order valence-corrected chi connectivity index (χ3v) is 5.34. The zero-order valence-corrected chi connectivity index (χ0v) is 14.2. The number of nitrogens with zero attached hydrogens (tertiary/aromatic N) is 4. The maximum Gasteiger partial charge on any atom is 0.165 e. The van der Waals surface area contributed by atoms with Crippen molar-refractivity contribution in [3.8, 4) is 0 Å². The summed E-state index contributed by atoms with van der Waals surface area (Å²) in [4.78, 5) is 12.7. The number of nitrogens with two attached hydrogens (primary N) is 1. The molecular formula is C16H23ClN6O. The SMILES string of the molecule is Cl.Nc1ncnc2c1ncn2C1CCC[C@]2(CC=CCNC2)[C@H]1O. The van der Waals surface area contributed by atoms with Gasteiger partial charge < -0.3 is 20.7 Å². The lowest BCUT2D eigenvalue weighted by Gasteiger charge is -2.45. The van der Waals surface area contributed by atoms with Crippen LogP contribution < -0.4 is 11.1 Å². The van der Waals surface area contributed by atoms with Crippen LogP contribution in [0.3, 0.4) is 0 Å². The van der Waals surface area contributed by atoms with Gasteiger partial charge in [-0.05, 0) is 19.3 Å². The molecule has 4 rings (SSSR count). The van der Waals surface area contributed by atoms with Crippen molar-refractivity contribution in [2.45, 2.75) is 37.8 Å². The van der Waals surface area contributed by atoms with Crippen LogP contribution in [0.15, 0.2) is 24.8 Å². The first-order valence-corrected chi connectivity index (χ1v) is 8.18. The highest BCUT2D eigenvalue weighted by molar-refractivity contribution is 5.85. The van der Waals surface area contributed by atoms with Crippen molar-refractivity contribution in [1.29, 1.82) is 0 Å². The molecule has 2 aromatic heterocycles. The quantitative estimate of drug-likeness (QED) is 0.673. The van der Waals surface area contributed by atoms with E-state index in [9.17, 15) is 5.11 Å². The number of aromatic nitrogens is 4. The number of nitrogens with one attached hydrogen (secondary N) is 1. The van der Waals surface area contributed by atoms with Crippen LogP contribution in [0, 0.1) is 5.41 Å². The van der Waals surface area contributed by atoms with Gasteiger partial charge in [-0.2, -0.15) is 0 Å². The van der Waals surface area contributed by atoms with Gasteiger partial charge in [0.2, 0.25) is 0 Å². The molecule has 0 bridgehead atoms. The monoisotopic (exact) mass is 350 g/mol. The van der Waals surface area contributed by atoms with Crippen molar-refractivity contribution >= 4 is 29.4 Å². The van der Waals surface area contributed by atoms with Gasteiger partial charge in [-0.1, -0.05) is 18.6 Å². The summed E-state index contributed by atoms with van der Waals surface area (Å²) in [5.74, 6) is 0.382. The van der Waals surface area contributed by atoms with Gasteiger partial charge in [-0.3, -0.25) is 0 Å². The summed E-state index contributed by atoms with van der Waals surface area (Å²) in [7, 11) is 0. The van der Waals surface area contributed by atoms with Gasteiger partial charge in [-0.25, -0.2) is 15.0 Å². The van der Waals surface area contributed by atoms with Crippen LogP contribution in [-0.2, 0) is 0 Å². The first-order valence-electron chi connectivity index (χ1n) is 8.18. The Morgan fingerprint density at radius 3 is 3.04 bits per heavy atom. The van der Waals surface area contributed by atoms with Crippen molar-refractivity contribution in [3.63, 3.8) is 0 Å². The molecular weight excluding hydrogens is 328 g/mol. The highest BCUT2D eigenvalue weighted by Crippen LogP contribution is 2.45. The summed E-state index contributed by atoms with van der Waals surface area (Å²) in [6.45, 7) is 1.71. The molecule has 8 heteroatoms. The second-order valence-corrected chi connectivity index (χ2v) is 6.66. The van der Waals surface area contributed by atoms with Gasteiger partial charge >= 0.3 is 0 Å². The number of aliphatic hydroxyl groups excluding tert-OH is 1. The van der Waals surface area contributed by atoms with E-state index in [1.807, 2.05) is 4.57 Å². The molecule has 7 nitrogen and oxygen atoms in total. The molecule has 24 heavy (non-hydrogen) atoms. The molecule has 0 radical (unpaired) electrons. The Morgan fingerprint density at radius 1 is 1.29 bits per heavy atom. The minimum atomic E-state index is -0.444. The van der Waals surface area contributed by atoms with E-state index in [0.717, 1.165) is 38.8 Å². The molecule has 130 valence electrons. The molecule has 1 spiro atoms. The maximum atomic E-state index is 11.2. The molecule has 4 N–H and O–H groups in total. The van der Waals surface area contributed by atoms with Crippen LogP contribution in [0.4, 0.5) is 5.82 Å². The number of halogens is 1. The van der Waals surface area contributed by atoms with E-state index in [4.69, 9.17) is 5.73 Å². The zero-order chi connectivity index (χ0) is 15.9. The highest BCUT2D eigenvalue weighted by Gasteiger charge is 2.45. The number of hydrogen-bond acceptors (Lipinski definition) is 6. The fourth-order valence-electron chi connectivity index (χ4n) is 4.07. The molecule has 1 unspecified atom stereocenters. The molecule has 1 saturated carbocycles. The van der Waals surface area contributed by atoms with E-state index in [0.29, 0.717) is 17.0 Å². The Hall–Kier alpha value is -1.70. The van der Waals surface area contributed by atoms with Crippen LogP contribution in [0.25, 0.3) is 11.2 Å². The average molecular weight is 351 g/mol. The summed E-state index contributed by atoms with van der Waals surface area (Å²) >= 11 is 0. The Morgan fingerprint density at radius 2 is 2.17 bits per heavy atom. The van der Waals surface area contributed by atoms with Crippen molar-refractivity contribution < 1.29 is 5.11 Å². The lowest BCUT2D eigenvalue weighted by Crippen LogP contribution is -2.49. The number of rotatable bonds is 1. The largest absolute Gasteiger partial charge is 0.390 e. The van der Waals surface area contributed by atoms with Crippen molar-refractivity contribution in [2.24, 2.45) is 5.41 Å². The first kappa shape index (κ1) is 17.1. The molecule has 1 aliphatic heterocycles. The van der Waals surface area contributed by atoms with Crippen LogP contribution in [0.5, 0.6) is 0 Å². The fraction of sp³-hybridized carbons (Fsp3) is 0.562. The number of anilines is 1. The minimum absolute atomic E-state index is 0. The highest BCUT2D eigenvalue weighted by atomic mass is 35.5. The predicted octanol–water partition coefficient (Wildman–Crippen LogP) is 1.45. The lowest BCUT2D eigenvalue weighted by molar-refractivity contribution is -0.0432. The fourth-order valence-corrected chi connectivity index (χ4v) is 4.07. The Bertz CT molecular complexity index is 747. The van der Waals surface area contributed by atoms with Gasteiger partial charge in [0, 0.05) is 18.5 Å². The Labute approximate surface area is 146 Å². The molecule has 1 aliphatic carbocycles. The lowest BCUT2D eigenvalue weighted by atomic mass is 9.67. The molecule has 0 saturated heterocycles. The first-order chi connectivity index (χ1) is 11.2. The second-order valence-electron chi connectivity index (χ2n) is 6.66. The van der Waals surface area contributed by atoms with Crippen LogP contribution >= 0.6 is 12.4 Å². The second kappa shape index (κ2) is 6.66. The summed E-state index contributed by atoms with van der Waals surface area (Å²) in [6.07, 6.45) is 11.0. The molecule has 3 atom stereocenters. The normalized spacial score (nSPS) is 30.2. The number of fused-ring (bicyclic) bond motifs is 1. The number of aliphatic hydroxyl groups is 1. The topological polar surface area (TPSA) is 102 Å². The summed E-state index contributed by atoms with van der Waals surface area (Å²) in [5, 5.41) is 14.6. The van der Waals surface area contributed by atoms with E-state index < -0.39 is 6.10 Å². The van der Waals surface area contributed by atoms with Crippen LogP contribution in [0.2, 0.25) is 0 Å². The van der Waals surface area contributed by atoms with Crippen molar-refractivity contribution in [1.82, 2.24) is 24.8 Å². The summed E-state index contributed by atoms with van der Waals surface area (Å²) < 4.78 is 1.98. The molecule has 0 aromatic carbocycles. The Kier molecular flexibility index (Phi) is 4.76. The maximum absolute atomic E-state index is 11.2. The van der Waals surface area contributed by atoms with Gasteiger partial charge in [0.15, 0.2) is 11.5 Å². The van der Waals surface area contributed by atoms with Gasteiger partial charge in [0.25, 0.3) is 0 Å². The Balaban J connectivity index is 0.00000169. The van der Waals surface area contributed by atoms with Gasteiger partial charge in [0.1, 0.15) is 11.8 Å². The molecule has 1 fully saturated rings. The molecule has 2 aliphatic rings. The van der Waals surface area contributed by atoms with E-state index >= 15 is 0 Å². The predicted molar refractivity (Wildman–Crippen MR) is 94.9 cm³/mol. The van der Waals surface area contributed by atoms with Gasteiger partial charge in [0.05, 0.1) is 18.5 Å². The molecule has 2 aromatic rings. The number of nitrogen functional groups attached to an aromatic ring is 1. The zero-order valence-electron chi connectivity index (χ0n) is 13.4. The third kappa shape index (κ3) is 2.66. The van der Waals surface area contributed by atoms with E-state index in [2.05, 4.69) is 32.4 Å². The van der Waals surface area contributed by atoms with E-state index in [1.54, 1.807) is 6.33 Å². The van der Waals surface area contributed by atoms with Gasteiger partial charge in [-0.15, -0.1) is 12.4 Å².